The van der Waals surface area contributed by atoms with Gasteiger partial charge in [-0.1, -0.05) is 12.8 Å². The first-order valence-electron chi connectivity index (χ1n) is 7.71. The number of amides is 2. The molecular weight excluding hydrogens is 272 g/mol. The minimum Gasteiger partial charge on any atom is -0.481 e. The van der Waals surface area contributed by atoms with Crippen molar-refractivity contribution < 1.29 is 19.5 Å². The lowest BCUT2D eigenvalue weighted by Gasteiger charge is -2.35. The topological polar surface area (TPSA) is 86.7 Å². The van der Waals surface area contributed by atoms with Crippen LogP contribution >= 0.6 is 0 Å². The van der Waals surface area contributed by atoms with Crippen molar-refractivity contribution in [1.82, 2.24) is 10.2 Å². The maximum atomic E-state index is 12.4. The summed E-state index contributed by atoms with van der Waals surface area (Å²) in [5.74, 6) is -1.02. The Morgan fingerprint density at radius 1 is 1.24 bits per heavy atom. The maximum absolute atomic E-state index is 12.4. The quantitative estimate of drug-likeness (QED) is 0.814. The molecule has 6 heteroatoms. The summed E-state index contributed by atoms with van der Waals surface area (Å²) in [6.45, 7) is 2.62. The second kappa shape index (κ2) is 6.45. The summed E-state index contributed by atoms with van der Waals surface area (Å²) >= 11 is 0. The van der Waals surface area contributed by atoms with Crippen LogP contribution < -0.4 is 5.32 Å². The van der Waals surface area contributed by atoms with Gasteiger partial charge in [0.05, 0.1) is 5.41 Å². The van der Waals surface area contributed by atoms with Crippen molar-refractivity contribution in [2.24, 2.45) is 5.41 Å². The number of nitrogens with one attached hydrogen (secondary N) is 1. The molecule has 1 atom stereocenters. The number of hydrogen-bond acceptors (Lipinski definition) is 3. The predicted octanol–water partition coefficient (Wildman–Crippen LogP) is 1.15. The SMILES string of the molecule is CC(=O)NC1CCCN(C(=O)CC2(C(=O)O)CCCC2)C1. The van der Waals surface area contributed by atoms with Crippen LogP contribution in [0.5, 0.6) is 0 Å². The van der Waals surface area contributed by atoms with E-state index in [1.807, 2.05) is 0 Å². The fourth-order valence-corrected chi connectivity index (χ4v) is 3.53. The van der Waals surface area contributed by atoms with Gasteiger partial charge in [-0.25, -0.2) is 0 Å². The number of rotatable bonds is 4. The number of hydrogen-bond donors (Lipinski definition) is 2. The Morgan fingerprint density at radius 3 is 2.48 bits per heavy atom. The molecule has 1 aliphatic carbocycles. The van der Waals surface area contributed by atoms with Crippen molar-refractivity contribution in [3.8, 4) is 0 Å². The van der Waals surface area contributed by atoms with E-state index in [4.69, 9.17) is 0 Å². The van der Waals surface area contributed by atoms with Crippen LogP contribution in [-0.2, 0) is 14.4 Å². The highest BCUT2D eigenvalue weighted by Crippen LogP contribution is 2.41. The standard InChI is InChI=1S/C15H24N2O4/c1-11(18)16-12-5-4-8-17(10-12)13(19)9-15(14(20)21)6-2-3-7-15/h12H,2-10H2,1H3,(H,16,18)(H,20,21). The Balaban J connectivity index is 1.96. The highest BCUT2D eigenvalue weighted by molar-refractivity contribution is 5.85. The minimum absolute atomic E-state index is 0.00967. The maximum Gasteiger partial charge on any atom is 0.310 e. The third-order valence-electron chi connectivity index (χ3n) is 4.69. The van der Waals surface area contributed by atoms with E-state index >= 15 is 0 Å². The number of carboxylic acids is 1. The fraction of sp³-hybridized carbons (Fsp3) is 0.800. The van der Waals surface area contributed by atoms with Gasteiger partial charge in [-0.15, -0.1) is 0 Å². The summed E-state index contributed by atoms with van der Waals surface area (Å²) < 4.78 is 0. The highest BCUT2D eigenvalue weighted by Gasteiger charge is 2.44. The Kier molecular flexibility index (Phi) is 4.85. The molecule has 2 amide bonds. The monoisotopic (exact) mass is 296 g/mol. The molecule has 1 heterocycles. The predicted molar refractivity (Wildman–Crippen MR) is 76.6 cm³/mol. The number of aliphatic carboxylic acids is 1. The number of carbonyl (C=O) groups is 3. The van der Waals surface area contributed by atoms with Crippen molar-refractivity contribution >= 4 is 17.8 Å². The summed E-state index contributed by atoms with van der Waals surface area (Å²) in [6, 6.07) is -0.00967. The minimum atomic E-state index is -0.863. The molecule has 1 unspecified atom stereocenters. The van der Waals surface area contributed by atoms with E-state index in [1.54, 1.807) is 4.90 Å². The van der Waals surface area contributed by atoms with Crippen LogP contribution in [0.2, 0.25) is 0 Å². The van der Waals surface area contributed by atoms with Crippen LogP contribution in [0.1, 0.15) is 51.9 Å². The summed E-state index contributed by atoms with van der Waals surface area (Å²) in [5, 5.41) is 12.3. The molecule has 2 fully saturated rings. The Hall–Kier alpha value is -1.59. The van der Waals surface area contributed by atoms with Crippen molar-refractivity contribution in [2.45, 2.75) is 57.9 Å². The zero-order valence-corrected chi connectivity index (χ0v) is 12.6. The average molecular weight is 296 g/mol. The van der Waals surface area contributed by atoms with Gasteiger partial charge in [0.1, 0.15) is 0 Å². The van der Waals surface area contributed by atoms with Crippen LogP contribution in [0.15, 0.2) is 0 Å². The lowest BCUT2D eigenvalue weighted by Crippen LogP contribution is -2.50. The lowest BCUT2D eigenvalue weighted by atomic mass is 9.82. The Labute approximate surface area is 124 Å². The molecule has 1 saturated heterocycles. The van der Waals surface area contributed by atoms with Gasteiger partial charge < -0.3 is 15.3 Å². The zero-order chi connectivity index (χ0) is 15.5. The molecule has 21 heavy (non-hydrogen) atoms. The molecule has 6 nitrogen and oxygen atoms in total. The first-order valence-corrected chi connectivity index (χ1v) is 7.71. The smallest absolute Gasteiger partial charge is 0.310 e. The van der Waals surface area contributed by atoms with Crippen molar-refractivity contribution in [3.05, 3.63) is 0 Å². The second-order valence-electron chi connectivity index (χ2n) is 6.35. The molecule has 2 rings (SSSR count). The first kappa shape index (κ1) is 15.8. The van der Waals surface area contributed by atoms with Crippen LogP contribution in [0.25, 0.3) is 0 Å². The number of nitrogens with zero attached hydrogens (tertiary/aromatic N) is 1. The van der Waals surface area contributed by atoms with E-state index in [9.17, 15) is 19.5 Å². The molecule has 0 aromatic heterocycles. The molecule has 2 aliphatic rings. The van der Waals surface area contributed by atoms with Gasteiger partial charge >= 0.3 is 5.97 Å². The largest absolute Gasteiger partial charge is 0.481 e. The van der Waals surface area contributed by atoms with Gasteiger partial charge in [0.25, 0.3) is 0 Å². The third-order valence-corrected chi connectivity index (χ3v) is 4.69. The Morgan fingerprint density at radius 2 is 1.90 bits per heavy atom. The van der Waals surface area contributed by atoms with E-state index < -0.39 is 11.4 Å². The van der Waals surface area contributed by atoms with Crippen molar-refractivity contribution in [1.29, 1.82) is 0 Å². The fourth-order valence-electron chi connectivity index (χ4n) is 3.53. The van der Waals surface area contributed by atoms with E-state index in [2.05, 4.69) is 5.32 Å². The van der Waals surface area contributed by atoms with Crippen LogP contribution in [-0.4, -0.2) is 46.9 Å². The van der Waals surface area contributed by atoms with Gasteiger partial charge in [-0.2, -0.15) is 0 Å². The normalized spacial score (nSPS) is 24.6. The van der Waals surface area contributed by atoms with Gasteiger partial charge in [-0.05, 0) is 25.7 Å². The van der Waals surface area contributed by atoms with Gasteiger partial charge in [-0.3, -0.25) is 14.4 Å². The number of likely N-dealkylation sites (tertiary alicyclic amines) is 1. The molecular formula is C15H24N2O4. The molecule has 0 radical (unpaired) electrons. The molecule has 0 aromatic rings. The van der Waals surface area contributed by atoms with Crippen LogP contribution in [0, 0.1) is 5.41 Å². The van der Waals surface area contributed by atoms with E-state index in [1.165, 1.54) is 6.92 Å². The Bertz CT molecular complexity index is 429. The summed E-state index contributed by atoms with van der Waals surface area (Å²) in [5.41, 5.74) is -0.863. The number of carboxylic acid groups (broad SMARTS) is 1. The van der Waals surface area contributed by atoms with Crippen molar-refractivity contribution in [2.75, 3.05) is 13.1 Å². The van der Waals surface area contributed by atoms with Crippen LogP contribution in [0.4, 0.5) is 0 Å². The first-order chi connectivity index (χ1) is 9.93. The summed E-state index contributed by atoms with van der Waals surface area (Å²) in [6.07, 6.45) is 4.76. The summed E-state index contributed by atoms with van der Waals surface area (Å²) in [7, 11) is 0. The molecule has 0 spiro atoms. The summed E-state index contributed by atoms with van der Waals surface area (Å²) in [4.78, 5) is 36.8. The molecule has 0 aromatic carbocycles. The van der Waals surface area contributed by atoms with Gasteiger partial charge in [0, 0.05) is 32.5 Å². The molecule has 118 valence electrons. The van der Waals surface area contributed by atoms with E-state index in [0.717, 1.165) is 25.7 Å². The van der Waals surface area contributed by atoms with Crippen molar-refractivity contribution in [3.63, 3.8) is 0 Å². The molecule has 2 N–H and O–H groups in total. The van der Waals surface area contributed by atoms with Gasteiger partial charge in [0.2, 0.25) is 11.8 Å². The van der Waals surface area contributed by atoms with E-state index in [0.29, 0.717) is 25.9 Å². The average Bonchev–Trinajstić information content (AvgIpc) is 2.88. The third kappa shape index (κ3) is 3.74. The molecule has 1 saturated carbocycles. The molecule has 1 aliphatic heterocycles. The lowest BCUT2D eigenvalue weighted by molar-refractivity contribution is -0.153. The zero-order valence-electron chi connectivity index (χ0n) is 12.6. The number of carbonyl (C=O) groups excluding carboxylic acids is 2. The number of piperidine rings is 1. The van der Waals surface area contributed by atoms with Gasteiger partial charge in [0.15, 0.2) is 0 Å². The second-order valence-corrected chi connectivity index (χ2v) is 6.35. The van der Waals surface area contributed by atoms with E-state index in [-0.39, 0.29) is 24.3 Å². The molecule has 0 bridgehead atoms. The van der Waals surface area contributed by atoms with Crippen LogP contribution in [0.3, 0.4) is 0 Å². The highest BCUT2D eigenvalue weighted by atomic mass is 16.4.